The minimum atomic E-state index is -0.606. The molecule has 0 heterocycles. The standard InChI is InChI=1S/C20H26N2O4/c1-25-18-9-7-16(8-10-18)13-20(24)22-12-11-21-14-17(23)15-26-19-5-3-2-4-6-19/h2-10,17,21,23H,11-15H2,1H3,(H,22,24)/t17-/m0/s1. The van der Waals surface area contributed by atoms with Crippen molar-refractivity contribution in [3.8, 4) is 11.5 Å². The molecule has 0 radical (unpaired) electrons. The summed E-state index contributed by atoms with van der Waals surface area (Å²) < 4.78 is 10.6. The summed E-state index contributed by atoms with van der Waals surface area (Å²) >= 11 is 0. The summed E-state index contributed by atoms with van der Waals surface area (Å²) in [4.78, 5) is 11.9. The monoisotopic (exact) mass is 358 g/mol. The molecule has 0 fully saturated rings. The number of benzene rings is 2. The van der Waals surface area contributed by atoms with Crippen LogP contribution in [0.2, 0.25) is 0 Å². The molecule has 0 saturated heterocycles. The van der Waals surface area contributed by atoms with Gasteiger partial charge < -0.3 is 25.2 Å². The van der Waals surface area contributed by atoms with Gasteiger partial charge in [0, 0.05) is 19.6 Å². The van der Waals surface area contributed by atoms with Gasteiger partial charge in [-0.2, -0.15) is 0 Å². The number of amides is 1. The van der Waals surface area contributed by atoms with Crippen LogP contribution in [0.25, 0.3) is 0 Å². The van der Waals surface area contributed by atoms with E-state index in [9.17, 15) is 9.90 Å². The SMILES string of the molecule is COc1ccc(CC(=O)NCCNC[C@H](O)COc2ccccc2)cc1. The van der Waals surface area contributed by atoms with E-state index in [1.165, 1.54) is 0 Å². The van der Waals surface area contributed by atoms with Crippen molar-refractivity contribution in [2.24, 2.45) is 0 Å². The number of hydrogen-bond acceptors (Lipinski definition) is 5. The van der Waals surface area contributed by atoms with Crippen LogP contribution >= 0.6 is 0 Å². The van der Waals surface area contributed by atoms with Crippen LogP contribution in [0.1, 0.15) is 5.56 Å². The summed E-state index contributed by atoms with van der Waals surface area (Å²) in [5.41, 5.74) is 0.935. The molecule has 6 heteroatoms. The summed E-state index contributed by atoms with van der Waals surface area (Å²) in [7, 11) is 1.61. The van der Waals surface area contributed by atoms with E-state index in [0.29, 0.717) is 26.1 Å². The van der Waals surface area contributed by atoms with Gasteiger partial charge in [-0.3, -0.25) is 4.79 Å². The van der Waals surface area contributed by atoms with Crippen LogP contribution in [0.15, 0.2) is 54.6 Å². The summed E-state index contributed by atoms with van der Waals surface area (Å²) in [6, 6.07) is 16.8. The fourth-order valence-corrected chi connectivity index (χ4v) is 2.32. The molecule has 0 bridgehead atoms. The van der Waals surface area contributed by atoms with E-state index in [-0.39, 0.29) is 12.5 Å². The highest BCUT2D eigenvalue weighted by Gasteiger charge is 2.06. The Morgan fingerprint density at radius 1 is 1.04 bits per heavy atom. The van der Waals surface area contributed by atoms with Crippen molar-refractivity contribution < 1.29 is 19.4 Å². The second kappa shape index (κ2) is 11.1. The van der Waals surface area contributed by atoms with E-state index < -0.39 is 6.10 Å². The Labute approximate surface area is 154 Å². The first-order chi connectivity index (χ1) is 12.7. The lowest BCUT2D eigenvalue weighted by molar-refractivity contribution is -0.120. The normalized spacial score (nSPS) is 11.6. The van der Waals surface area contributed by atoms with Gasteiger partial charge in [-0.1, -0.05) is 30.3 Å². The summed E-state index contributed by atoms with van der Waals surface area (Å²) in [6.45, 7) is 1.71. The minimum absolute atomic E-state index is 0.0371. The maximum absolute atomic E-state index is 11.9. The van der Waals surface area contributed by atoms with Gasteiger partial charge >= 0.3 is 0 Å². The number of carbonyl (C=O) groups excluding carboxylic acids is 1. The minimum Gasteiger partial charge on any atom is -0.497 e. The van der Waals surface area contributed by atoms with Gasteiger partial charge in [0.05, 0.1) is 13.5 Å². The molecule has 2 aromatic carbocycles. The molecule has 0 aliphatic heterocycles. The summed E-state index contributed by atoms with van der Waals surface area (Å²) in [5, 5.41) is 15.8. The highest BCUT2D eigenvalue weighted by Crippen LogP contribution is 2.11. The molecule has 0 aromatic heterocycles. The fraction of sp³-hybridized carbons (Fsp3) is 0.350. The molecule has 1 amide bonds. The zero-order valence-corrected chi connectivity index (χ0v) is 15.0. The van der Waals surface area contributed by atoms with Crippen molar-refractivity contribution in [1.82, 2.24) is 10.6 Å². The number of ether oxygens (including phenoxy) is 2. The molecule has 0 aliphatic carbocycles. The van der Waals surface area contributed by atoms with Gasteiger partial charge in [0.2, 0.25) is 5.91 Å². The number of nitrogens with one attached hydrogen (secondary N) is 2. The topological polar surface area (TPSA) is 79.8 Å². The maximum atomic E-state index is 11.9. The van der Waals surface area contributed by atoms with Crippen LogP contribution in [-0.4, -0.2) is 50.5 Å². The maximum Gasteiger partial charge on any atom is 0.224 e. The van der Waals surface area contributed by atoms with Crippen molar-refractivity contribution in [3.63, 3.8) is 0 Å². The van der Waals surface area contributed by atoms with Gasteiger partial charge in [0.1, 0.15) is 24.2 Å². The lowest BCUT2D eigenvalue weighted by atomic mass is 10.1. The molecular weight excluding hydrogens is 332 g/mol. The number of methoxy groups -OCH3 is 1. The third-order valence-corrected chi connectivity index (χ3v) is 3.71. The molecule has 6 nitrogen and oxygen atoms in total. The van der Waals surface area contributed by atoms with Crippen LogP contribution in [-0.2, 0) is 11.2 Å². The van der Waals surface area contributed by atoms with Gasteiger partial charge in [-0.05, 0) is 29.8 Å². The summed E-state index contributed by atoms with van der Waals surface area (Å²) in [5.74, 6) is 1.47. The average Bonchev–Trinajstić information content (AvgIpc) is 2.67. The molecule has 26 heavy (non-hydrogen) atoms. The second-order valence-electron chi connectivity index (χ2n) is 5.86. The van der Waals surface area contributed by atoms with Crippen LogP contribution < -0.4 is 20.1 Å². The lowest BCUT2D eigenvalue weighted by Crippen LogP contribution is -2.37. The van der Waals surface area contributed by atoms with E-state index in [2.05, 4.69) is 10.6 Å². The largest absolute Gasteiger partial charge is 0.497 e. The Morgan fingerprint density at radius 3 is 2.46 bits per heavy atom. The van der Waals surface area contributed by atoms with Crippen molar-refractivity contribution in [1.29, 1.82) is 0 Å². The lowest BCUT2D eigenvalue weighted by Gasteiger charge is -2.13. The molecule has 3 N–H and O–H groups in total. The van der Waals surface area contributed by atoms with E-state index in [4.69, 9.17) is 9.47 Å². The van der Waals surface area contributed by atoms with E-state index >= 15 is 0 Å². The zero-order chi connectivity index (χ0) is 18.6. The van der Waals surface area contributed by atoms with Crippen LogP contribution in [0.5, 0.6) is 11.5 Å². The Hall–Kier alpha value is -2.57. The molecule has 0 aliphatic rings. The highest BCUT2D eigenvalue weighted by atomic mass is 16.5. The molecule has 2 rings (SSSR count). The third-order valence-electron chi connectivity index (χ3n) is 3.71. The predicted octanol–water partition coefficient (Wildman–Crippen LogP) is 1.38. The van der Waals surface area contributed by atoms with Gasteiger partial charge in [0.15, 0.2) is 0 Å². The molecule has 2 aromatic rings. The van der Waals surface area contributed by atoms with E-state index in [1.807, 2.05) is 54.6 Å². The number of aliphatic hydroxyl groups is 1. The van der Waals surface area contributed by atoms with Crippen LogP contribution in [0.3, 0.4) is 0 Å². The number of para-hydroxylation sites is 1. The fourth-order valence-electron chi connectivity index (χ4n) is 2.32. The molecular formula is C20H26N2O4. The van der Waals surface area contributed by atoms with Crippen molar-refractivity contribution in [2.75, 3.05) is 33.4 Å². The Bertz CT molecular complexity index is 647. The van der Waals surface area contributed by atoms with Crippen molar-refractivity contribution >= 4 is 5.91 Å². The number of carbonyl (C=O) groups is 1. The Kier molecular flexibility index (Phi) is 8.45. The second-order valence-corrected chi connectivity index (χ2v) is 5.86. The van der Waals surface area contributed by atoms with E-state index in [1.54, 1.807) is 7.11 Å². The zero-order valence-electron chi connectivity index (χ0n) is 15.0. The smallest absolute Gasteiger partial charge is 0.224 e. The number of rotatable bonds is 11. The van der Waals surface area contributed by atoms with Crippen LogP contribution in [0.4, 0.5) is 0 Å². The Balaban J connectivity index is 1.53. The average molecular weight is 358 g/mol. The number of aliphatic hydroxyl groups excluding tert-OH is 1. The third kappa shape index (κ3) is 7.55. The van der Waals surface area contributed by atoms with Gasteiger partial charge in [0.25, 0.3) is 0 Å². The molecule has 0 saturated carbocycles. The predicted molar refractivity (Wildman–Crippen MR) is 101 cm³/mol. The molecule has 140 valence electrons. The van der Waals surface area contributed by atoms with Gasteiger partial charge in [-0.25, -0.2) is 0 Å². The van der Waals surface area contributed by atoms with Crippen LogP contribution in [0, 0.1) is 0 Å². The highest BCUT2D eigenvalue weighted by molar-refractivity contribution is 5.78. The molecule has 1 atom stereocenters. The number of hydrogen-bond donors (Lipinski definition) is 3. The first kappa shape index (κ1) is 19.8. The van der Waals surface area contributed by atoms with E-state index in [0.717, 1.165) is 17.1 Å². The van der Waals surface area contributed by atoms with Crippen molar-refractivity contribution in [2.45, 2.75) is 12.5 Å². The quantitative estimate of drug-likeness (QED) is 0.529. The van der Waals surface area contributed by atoms with Gasteiger partial charge in [-0.15, -0.1) is 0 Å². The van der Waals surface area contributed by atoms with Crippen molar-refractivity contribution in [3.05, 3.63) is 60.2 Å². The Morgan fingerprint density at radius 2 is 1.77 bits per heavy atom. The summed E-state index contributed by atoms with van der Waals surface area (Å²) in [6.07, 6.45) is -0.275. The first-order valence-electron chi connectivity index (χ1n) is 8.63. The first-order valence-corrected chi connectivity index (χ1v) is 8.63. The molecule has 0 unspecified atom stereocenters. The molecule has 0 spiro atoms.